The SMILES string of the molecule is CCOc1ccc(Nc2ccc(N)cn2)cc1OCC. The molecule has 5 nitrogen and oxygen atoms in total. The molecule has 0 unspecified atom stereocenters. The van der Waals surface area contributed by atoms with Crippen molar-refractivity contribution in [3.05, 3.63) is 36.5 Å². The van der Waals surface area contributed by atoms with Gasteiger partial charge in [-0.15, -0.1) is 0 Å². The summed E-state index contributed by atoms with van der Waals surface area (Å²) in [6.07, 6.45) is 1.61. The van der Waals surface area contributed by atoms with E-state index in [1.165, 1.54) is 0 Å². The lowest BCUT2D eigenvalue weighted by Crippen LogP contribution is -2.00. The Morgan fingerprint density at radius 1 is 1.05 bits per heavy atom. The molecule has 106 valence electrons. The Labute approximate surface area is 118 Å². The predicted molar refractivity (Wildman–Crippen MR) is 80.7 cm³/mol. The van der Waals surface area contributed by atoms with Crippen molar-refractivity contribution in [2.24, 2.45) is 0 Å². The molecular formula is C15H19N3O2. The van der Waals surface area contributed by atoms with Gasteiger partial charge in [-0.25, -0.2) is 4.98 Å². The summed E-state index contributed by atoms with van der Waals surface area (Å²) in [5, 5.41) is 3.20. The standard InChI is InChI=1S/C15H19N3O2/c1-3-19-13-7-6-12(9-14(13)20-4-2)18-15-8-5-11(16)10-17-15/h5-10H,3-4,16H2,1-2H3,(H,17,18). The summed E-state index contributed by atoms with van der Waals surface area (Å²) in [5.41, 5.74) is 7.13. The van der Waals surface area contributed by atoms with E-state index in [0.29, 0.717) is 18.9 Å². The summed E-state index contributed by atoms with van der Waals surface area (Å²) in [4.78, 5) is 4.20. The summed E-state index contributed by atoms with van der Waals surface area (Å²) >= 11 is 0. The molecule has 0 aliphatic rings. The van der Waals surface area contributed by atoms with E-state index in [4.69, 9.17) is 15.2 Å². The number of nitrogens with two attached hydrogens (primary N) is 1. The number of nitrogen functional groups attached to an aromatic ring is 1. The van der Waals surface area contributed by atoms with Crippen LogP contribution in [0.5, 0.6) is 11.5 Å². The molecule has 0 aliphatic carbocycles. The highest BCUT2D eigenvalue weighted by molar-refractivity contribution is 5.62. The maximum atomic E-state index is 5.61. The minimum absolute atomic E-state index is 0.587. The third-order valence-corrected chi connectivity index (χ3v) is 2.60. The van der Waals surface area contributed by atoms with Crippen molar-refractivity contribution in [2.75, 3.05) is 24.3 Å². The number of hydrogen-bond acceptors (Lipinski definition) is 5. The van der Waals surface area contributed by atoms with Crippen molar-refractivity contribution in [2.45, 2.75) is 13.8 Å². The van der Waals surface area contributed by atoms with Crippen LogP contribution in [-0.4, -0.2) is 18.2 Å². The number of hydrogen-bond donors (Lipinski definition) is 2. The zero-order valence-corrected chi connectivity index (χ0v) is 11.7. The Morgan fingerprint density at radius 2 is 1.80 bits per heavy atom. The van der Waals surface area contributed by atoms with Gasteiger partial charge < -0.3 is 20.5 Å². The van der Waals surface area contributed by atoms with Crippen molar-refractivity contribution in [3.63, 3.8) is 0 Å². The van der Waals surface area contributed by atoms with Crippen molar-refractivity contribution >= 4 is 17.2 Å². The molecule has 0 bridgehead atoms. The van der Waals surface area contributed by atoms with Crippen LogP contribution in [0.25, 0.3) is 0 Å². The minimum Gasteiger partial charge on any atom is -0.490 e. The van der Waals surface area contributed by atoms with Gasteiger partial charge in [0.25, 0.3) is 0 Å². The molecule has 0 radical (unpaired) electrons. The lowest BCUT2D eigenvalue weighted by Gasteiger charge is -2.13. The number of nitrogens with one attached hydrogen (secondary N) is 1. The van der Waals surface area contributed by atoms with E-state index < -0.39 is 0 Å². The number of pyridine rings is 1. The molecule has 1 aromatic heterocycles. The van der Waals surface area contributed by atoms with Crippen LogP contribution >= 0.6 is 0 Å². The molecule has 2 aromatic rings. The smallest absolute Gasteiger partial charge is 0.163 e. The summed E-state index contributed by atoms with van der Waals surface area (Å²) in [7, 11) is 0. The number of ether oxygens (including phenoxy) is 2. The first-order valence-corrected chi connectivity index (χ1v) is 6.61. The number of rotatable bonds is 6. The van der Waals surface area contributed by atoms with E-state index in [1.54, 1.807) is 12.3 Å². The zero-order chi connectivity index (χ0) is 14.4. The monoisotopic (exact) mass is 273 g/mol. The predicted octanol–water partition coefficient (Wildman–Crippen LogP) is 3.20. The molecule has 0 atom stereocenters. The van der Waals surface area contributed by atoms with E-state index in [2.05, 4.69) is 10.3 Å². The molecule has 1 heterocycles. The maximum absolute atomic E-state index is 5.61. The molecule has 0 aliphatic heterocycles. The zero-order valence-electron chi connectivity index (χ0n) is 11.7. The summed E-state index contributed by atoms with van der Waals surface area (Å²) in [6, 6.07) is 9.33. The van der Waals surface area contributed by atoms with Gasteiger partial charge in [-0.3, -0.25) is 0 Å². The van der Waals surface area contributed by atoms with Crippen LogP contribution in [0.3, 0.4) is 0 Å². The highest BCUT2D eigenvalue weighted by Gasteiger charge is 2.06. The first kappa shape index (κ1) is 14.0. The molecule has 2 rings (SSSR count). The highest BCUT2D eigenvalue weighted by Crippen LogP contribution is 2.31. The molecule has 1 aromatic carbocycles. The van der Waals surface area contributed by atoms with Gasteiger partial charge in [-0.1, -0.05) is 0 Å². The van der Waals surface area contributed by atoms with Gasteiger partial charge in [0.05, 0.1) is 25.1 Å². The van der Waals surface area contributed by atoms with Gasteiger partial charge in [-0.2, -0.15) is 0 Å². The van der Waals surface area contributed by atoms with E-state index in [0.717, 1.165) is 23.0 Å². The average molecular weight is 273 g/mol. The molecule has 20 heavy (non-hydrogen) atoms. The minimum atomic E-state index is 0.587. The molecule has 0 saturated carbocycles. The number of anilines is 3. The molecule has 0 fully saturated rings. The summed E-state index contributed by atoms with van der Waals surface area (Å²) < 4.78 is 11.1. The van der Waals surface area contributed by atoms with Crippen LogP contribution in [0.1, 0.15) is 13.8 Å². The van der Waals surface area contributed by atoms with Gasteiger partial charge in [-0.05, 0) is 38.1 Å². The fourth-order valence-electron chi connectivity index (χ4n) is 1.76. The summed E-state index contributed by atoms with van der Waals surface area (Å²) in [5.74, 6) is 2.19. The molecule has 0 spiro atoms. The van der Waals surface area contributed by atoms with Gasteiger partial charge in [0.15, 0.2) is 11.5 Å². The number of benzene rings is 1. The Morgan fingerprint density at radius 3 is 2.45 bits per heavy atom. The van der Waals surface area contributed by atoms with Gasteiger partial charge in [0, 0.05) is 11.8 Å². The fourth-order valence-corrected chi connectivity index (χ4v) is 1.76. The van der Waals surface area contributed by atoms with Crippen LogP contribution in [-0.2, 0) is 0 Å². The van der Waals surface area contributed by atoms with E-state index >= 15 is 0 Å². The largest absolute Gasteiger partial charge is 0.490 e. The topological polar surface area (TPSA) is 69.4 Å². The first-order valence-electron chi connectivity index (χ1n) is 6.61. The molecule has 3 N–H and O–H groups in total. The Bertz CT molecular complexity index is 556. The van der Waals surface area contributed by atoms with E-state index in [9.17, 15) is 0 Å². The average Bonchev–Trinajstić information content (AvgIpc) is 2.45. The Hall–Kier alpha value is -2.43. The third kappa shape index (κ3) is 3.54. The lowest BCUT2D eigenvalue weighted by atomic mass is 10.2. The molecule has 0 amide bonds. The van der Waals surface area contributed by atoms with Crippen LogP contribution < -0.4 is 20.5 Å². The van der Waals surface area contributed by atoms with Crippen molar-refractivity contribution < 1.29 is 9.47 Å². The molecule has 5 heteroatoms. The van der Waals surface area contributed by atoms with E-state index in [-0.39, 0.29) is 0 Å². The Kier molecular flexibility index (Phi) is 4.65. The molecular weight excluding hydrogens is 254 g/mol. The number of nitrogens with zero attached hydrogens (tertiary/aromatic N) is 1. The van der Waals surface area contributed by atoms with Gasteiger partial charge in [0.2, 0.25) is 0 Å². The van der Waals surface area contributed by atoms with Gasteiger partial charge in [0.1, 0.15) is 5.82 Å². The second-order valence-electron chi connectivity index (χ2n) is 4.13. The second kappa shape index (κ2) is 6.65. The maximum Gasteiger partial charge on any atom is 0.163 e. The van der Waals surface area contributed by atoms with Gasteiger partial charge >= 0.3 is 0 Å². The third-order valence-electron chi connectivity index (χ3n) is 2.60. The first-order chi connectivity index (χ1) is 9.72. The van der Waals surface area contributed by atoms with Crippen molar-refractivity contribution in [1.82, 2.24) is 4.98 Å². The van der Waals surface area contributed by atoms with Crippen LogP contribution in [0, 0.1) is 0 Å². The lowest BCUT2D eigenvalue weighted by molar-refractivity contribution is 0.288. The second-order valence-corrected chi connectivity index (χ2v) is 4.13. The Balaban J connectivity index is 2.19. The quantitative estimate of drug-likeness (QED) is 0.845. The van der Waals surface area contributed by atoms with Crippen molar-refractivity contribution in [1.29, 1.82) is 0 Å². The summed E-state index contributed by atoms with van der Waals surface area (Å²) in [6.45, 7) is 5.08. The van der Waals surface area contributed by atoms with Crippen LogP contribution in [0.2, 0.25) is 0 Å². The molecule has 0 saturated heterocycles. The van der Waals surface area contributed by atoms with E-state index in [1.807, 2.05) is 38.1 Å². The number of aromatic nitrogens is 1. The van der Waals surface area contributed by atoms with Crippen molar-refractivity contribution in [3.8, 4) is 11.5 Å². The van der Waals surface area contributed by atoms with Crippen LogP contribution in [0.4, 0.5) is 17.2 Å². The fraction of sp³-hybridized carbons (Fsp3) is 0.267. The van der Waals surface area contributed by atoms with Crippen LogP contribution in [0.15, 0.2) is 36.5 Å². The highest BCUT2D eigenvalue weighted by atomic mass is 16.5. The normalized spacial score (nSPS) is 10.1.